The standard InChI is InChI=1S/C27H28FN5O/c1-31(2)27(34)19-6-9-22(25(28)15-19)24-17-30-26-23(24)14-20(16-29-26)18-4-7-21(8-5-18)33-12-10-32(3)11-13-33/h4-9,14-17H,10-13H2,1-3H3,(H,29,30). The van der Waals surface area contributed by atoms with Gasteiger partial charge in [-0.25, -0.2) is 9.37 Å². The SMILES string of the molecule is CN1CCN(c2ccc(-c3cnc4[nH]cc(-c5ccc(C(=O)N(C)C)cc5F)c4c3)cc2)CC1. The summed E-state index contributed by atoms with van der Waals surface area (Å²) >= 11 is 0. The molecule has 1 N–H and O–H groups in total. The average Bonchev–Trinajstić information content (AvgIpc) is 3.27. The van der Waals surface area contributed by atoms with Crippen LogP contribution in [-0.4, -0.2) is 73.0 Å². The van der Waals surface area contributed by atoms with Gasteiger partial charge in [-0.05, 0) is 42.9 Å². The number of hydrogen-bond acceptors (Lipinski definition) is 4. The van der Waals surface area contributed by atoms with Gasteiger partial charge in [-0.3, -0.25) is 4.79 Å². The van der Waals surface area contributed by atoms with Crippen LogP contribution in [0.5, 0.6) is 0 Å². The topological polar surface area (TPSA) is 55.5 Å². The largest absolute Gasteiger partial charge is 0.369 e. The van der Waals surface area contributed by atoms with Crippen LogP contribution < -0.4 is 4.90 Å². The summed E-state index contributed by atoms with van der Waals surface area (Å²) in [6.07, 6.45) is 3.60. The van der Waals surface area contributed by atoms with E-state index in [0.29, 0.717) is 16.8 Å². The van der Waals surface area contributed by atoms with Gasteiger partial charge in [0.2, 0.25) is 0 Å². The van der Waals surface area contributed by atoms with Gasteiger partial charge in [0.1, 0.15) is 11.5 Å². The molecule has 2 aromatic heterocycles. The number of anilines is 1. The van der Waals surface area contributed by atoms with E-state index < -0.39 is 5.82 Å². The summed E-state index contributed by atoms with van der Waals surface area (Å²) in [4.78, 5) is 26.1. The maximum atomic E-state index is 15.0. The van der Waals surface area contributed by atoms with E-state index in [4.69, 9.17) is 0 Å². The lowest BCUT2D eigenvalue weighted by molar-refractivity contribution is 0.0827. The van der Waals surface area contributed by atoms with Gasteiger partial charge >= 0.3 is 0 Å². The number of benzene rings is 2. The molecule has 2 aromatic carbocycles. The Kier molecular flexibility index (Phi) is 5.79. The fourth-order valence-corrected chi connectivity index (χ4v) is 4.44. The number of fused-ring (bicyclic) bond motifs is 1. The molecule has 5 rings (SSSR count). The fourth-order valence-electron chi connectivity index (χ4n) is 4.44. The Balaban J connectivity index is 1.45. The maximum Gasteiger partial charge on any atom is 0.253 e. The molecule has 1 aliphatic rings. The van der Waals surface area contributed by atoms with E-state index in [1.807, 2.05) is 12.3 Å². The second-order valence-electron chi connectivity index (χ2n) is 9.05. The number of piperazine rings is 1. The number of nitrogens with one attached hydrogen (secondary N) is 1. The summed E-state index contributed by atoms with van der Waals surface area (Å²) in [7, 11) is 5.46. The number of amides is 1. The van der Waals surface area contributed by atoms with Crippen molar-refractivity contribution in [3.8, 4) is 22.3 Å². The monoisotopic (exact) mass is 457 g/mol. The number of pyridine rings is 1. The van der Waals surface area contributed by atoms with Crippen LogP contribution >= 0.6 is 0 Å². The Bertz CT molecular complexity index is 1340. The van der Waals surface area contributed by atoms with Crippen LogP contribution in [0.3, 0.4) is 0 Å². The van der Waals surface area contributed by atoms with Crippen molar-refractivity contribution < 1.29 is 9.18 Å². The molecule has 1 fully saturated rings. The molecule has 3 heterocycles. The molecule has 0 bridgehead atoms. The number of carbonyl (C=O) groups is 1. The number of nitrogens with zero attached hydrogens (tertiary/aromatic N) is 4. The van der Waals surface area contributed by atoms with Crippen molar-refractivity contribution >= 4 is 22.6 Å². The van der Waals surface area contributed by atoms with E-state index in [1.165, 1.54) is 16.7 Å². The summed E-state index contributed by atoms with van der Waals surface area (Å²) in [5, 5.41) is 0.839. The van der Waals surface area contributed by atoms with Crippen LogP contribution in [0.1, 0.15) is 10.4 Å². The summed E-state index contributed by atoms with van der Waals surface area (Å²) in [5.74, 6) is -0.663. The van der Waals surface area contributed by atoms with Gasteiger partial charge in [-0.2, -0.15) is 0 Å². The minimum atomic E-state index is -0.435. The van der Waals surface area contributed by atoms with Crippen molar-refractivity contribution in [1.29, 1.82) is 0 Å². The van der Waals surface area contributed by atoms with Gasteiger partial charge < -0.3 is 19.7 Å². The van der Waals surface area contributed by atoms with Crippen LogP contribution in [0.2, 0.25) is 0 Å². The molecule has 34 heavy (non-hydrogen) atoms. The van der Waals surface area contributed by atoms with Crippen LogP contribution in [0.25, 0.3) is 33.3 Å². The zero-order chi connectivity index (χ0) is 23.8. The number of aromatic amines is 1. The molecular formula is C27H28FN5O. The molecule has 0 atom stereocenters. The summed E-state index contributed by atoms with van der Waals surface area (Å²) in [5.41, 5.74) is 5.43. The van der Waals surface area contributed by atoms with Crippen molar-refractivity contribution in [1.82, 2.24) is 19.8 Å². The Morgan fingerprint density at radius 2 is 1.71 bits per heavy atom. The third-order valence-corrected chi connectivity index (χ3v) is 6.51. The van der Waals surface area contributed by atoms with Crippen LogP contribution in [-0.2, 0) is 0 Å². The molecule has 6 nitrogen and oxygen atoms in total. The second kappa shape index (κ2) is 8.91. The minimum Gasteiger partial charge on any atom is -0.369 e. The molecule has 0 aliphatic carbocycles. The molecule has 0 radical (unpaired) electrons. The Labute approximate surface area is 198 Å². The number of halogens is 1. The van der Waals surface area contributed by atoms with Gasteiger partial charge in [-0.15, -0.1) is 0 Å². The number of aromatic nitrogens is 2. The Morgan fingerprint density at radius 3 is 2.38 bits per heavy atom. The normalized spacial score (nSPS) is 14.5. The molecule has 0 unspecified atom stereocenters. The van der Waals surface area contributed by atoms with Crippen LogP contribution in [0.15, 0.2) is 60.9 Å². The number of rotatable bonds is 4. The average molecular weight is 458 g/mol. The number of carbonyl (C=O) groups excluding carboxylic acids is 1. The maximum absolute atomic E-state index is 15.0. The van der Waals surface area contributed by atoms with Crippen molar-refractivity contribution in [2.45, 2.75) is 0 Å². The van der Waals surface area contributed by atoms with Gasteiger partial charge in [0, 0.05) is 86.0 Å². The predicted octanol–water partition coefficient (Wildman–Crippen LogP) is 4.49. The third kappa shape index (κ3) is 4.15. The first-order chi connectivity index (χ1) is 16.4. The summed E-state index contributed by atoms with van der Waals surface area (Å²) in [6.45, 7) is 4.19. The molecular weight excluding hydrogens is 429 g/mol. The first-order valence-electron chi connectivity index (χ1n) is 11.4. The molecule has 0 saturated carbocycles. The minimum absolute atomic E-state index is 0.228. The highest BCUT2D eigenvalue weighted by Crippen LogP contribution is 2.33. The predicted molar refractivity (Wildman–Crippen MR) is 135 cm³/mol. The van der Waals surface area contributed by atoms with Gasteiger partial charge in [0.15, 0.2) is 0 Å². The lowest BCUT2D eigenvalue weighted by atomic mass is 10.0. The second-order valence-corrected chi connectivity index (χ2v) is 9.05. The van der Waals surface area contributed by atoms with Gasteiger partial charge in [0.05, 0.1) is 0 Å². The highest BCUT2D eigenvalue weighted by atomic mass is 19.1. The van der Waals surface area contributed by atoms with Crippen molar-refractivity contribution in [2.24, 2.45) is 0 Å². The zero-order valence-corrected chi connectivity index (χ0v) is 19.7. The number of H-pyrrole nitrogens is 1. The molecule has 7 heteroatoms. The number of hydrogen-bond donors (Lipinski definition) is 1. The smallest absolute Gasteiger partial charge is 0.253 e. The highest BCUT2D eigenvalue weighted by Gasteiger charge is 2.17. The molecule has 4 aromatic rings. The summed E-state index contributed by atoms with van der Waals surface area (Å²) in [6, 6.07) is 15.2. The van der Waals surface area contributed by atoms with E-state index >= 15 is 4.39 Å². The lowest BCUT2D eigenvalue weighted by Crippen LogP contribution is -2.44. The van der Waals surface area contributed by atoms with Crippen LogP contribution in [0, 0.1) is 5.82 Å². The van der Waals surface area contributed by atoms with E-state index in [2.05, 4.69) is 51.1 Å². The molecule has 0 spiro atoms. The quantitative estimate of drug-likeness (QED) is 0.491. The van der Waals surface area contributed by atoms with Gasteiger partial charge in [-0.1, -0.05) is 18.2 Å². The zero-order valence-electron chi connectivity index (χ0n) is 19.7. The van der Waals surface area contributed by atoms with Crippen molar-refractivity contribution in [3.63, 3.8) is 0 Å². The first-order valence-corrected chi connectivity index (χ1v) is 11.4. The van der Waals surface area contributed by atoms with Crippen LogP contribution in [0.4, 0.5) is 10.1 Å². The molecule has 1 saturated heterocycles. The third-order valence-electron chi connectivity index (χ3n) is 6.51. The van der Waals surface area contributed by atoms with E-state index in [-0.39, 0.29) is 5.91 Å². The Hall–Kier alpha value is -3.71. The highest BCUT2D eigenvalue weighted by molar-refractivity contribution is 5.98. The lowest BCUT2D eigenvalue weighted by Gasteiger charge is -2.34. The van der Waals surface area contributed by atoms with E-state index in [1.54, 1.807) is 32.4 Å². The van der Waals surface area contributed by atoms with Crippen molar-refractivity contribution in [3.05, 3.63) is 72.3 Å². The van der Waals surface area contributed by atoms with E-state index in [0.717, 1.165) is 48.3 Å². The fraction of sp³-hybridized carbons (Fsp3) is 0.259. The Morgan fingerprint density at radius 1 is 0.971 bits per heavy atom. The van der Waals surface area contributed by atoms with Crippen molar-refractivity contribution in [2.75, 3.05) is 52.2 Å². The van der Waals surface area contributed by atoms with Gasteiger partial charge in [0.25, 0.3) is 5.91 Å². The summed E-state index contributed by atoms with van der Waals surface area (Å²) < 4.78 is 15.0. The molecule has 174 valence electrons. The molecule has 1 amide bonds. The first kappa shape index (κ1) is 22.1. The molecule has 1 aliphatic heterocycles. The van der Waals surface area contributed by atoms with E-state index in [9.17, 15) is 4.79 Å². The number of likely N-dealkylation sites (N-methyl/N-ethyl adjacent to an activating group) is 1.